The van der Waals surface area contributed by atoms with Crippen LogP contribution < -0.4 is 11.1 Å². The number of nitrogen functional groups attached to an aromatic ring is 1. The Balaban J connectivity index is 2.14. The fourth-order valence-corrected chi connectivity index (χ4v) is 2.84. The summed E-state index contributed by atoms with van der Waals surface area (Å²) >= 11 is 0. The van der Waals surface area contributed by atoms with Crippen molar-refractivity contribution in [2.24, 2.45) is 0 Å². The summed E-state index contributed by atoms with van der Waals surface area (Å²) in [4.78, 5) is 22.6. The molecule has 1 saturated carbocycles. The number of aliphatic hydroxyl groups is 1. The molecule has 0 atom stereocenters. The Kier molecular flexibility index (Phi) is 4.65. The molecule has 0 bridgehead atoms. The van der Waals surface area contributed by atoms with Crippen molar-refractivity contribution in [2.75, 3.05) is 12.3 Å². The lowest BCUT2D eigenvalue weighted by Gasteiger charge is -2.32. The summed E-state index contributed by atoms with van der Waals surface area (Å²) in [6.45, 7) is 1.80. The van der Waals surface area contributed by atoms with Gasteiger partial charge >= 0.3 is 0 Å². The van der Waals surface area contributed by atoms with E-state index in [2.05, 4.69) is 5.32 Å². The van der Waals surface area contributed by atoms with Gasteiger partial charge in [-0.15, -0.1) is 0 Å². The van der Waals surface area contributed by atoms with E-state index < -0.39 is 16.4 Å². The lowest BCUT2D eigenvalue weighted by Crippen LogP contribution is -2.44. The van der Waals surface area contributed by atoms with Crippen molar-refractivity contribution in [1.82, 2.24) is 5.32 Å². The number of aryl methyl sites for hydroxylation is 1. The van der Waals surface area contributed by atoms with E-state index in [0.29, 0.717) is 18.4 Å². The molecule has 4 N–H and O–H groups in total. The molecule has 1 fully saturated rings. The predicted octanol–water partition coefficient (Wildman–Crippen LogP) is 1.91. The van der Waals surface area contributed by atoms with E-state index in [1.807, 2.05) is 0 Å². The molecule has 1 aliphatic carbocycles. The highest BCUT2D eigenvalue weighted by molar-refractivity contribution is 6.01. The predicted molar refractivity (Wildman–Crippen MR) is 82.6 cm³/mol. The lowest BCUT2D eigenvalue weighted by atomic mass is 9.85. The van der Waals surface area contributed by atoms with Gasteiger partial charge in [0.2, 0.25) is 0 Å². The molecular weight excluding hydrogens is 286 g/mol. The average molecular weight is 307 g/mol. The smallest absolute Gasteiger partial charge is 0.293 e. The van der Waals surface area contributed by atoms with Gasteiger partial charge in [-0.2, -0.15) is 0 Å². The molecule has 7 nitrogen and oxygen atoms in total. The zero-order chi connectivity index (χ0) is 16.3. The van der Waals surface area contributed by atoms with Crippen LogP contribution in [0.4, 0.5) is 11.4 Å². The monoisotopic (exact) mass is 307 g/mol. The van der Waals surface area contributed by atoms with Crippen LogP contribution in [0.15, 0.2) is 12.1 Å². The molecule has 7 heteroatoms. The van der Waals surface area contributed by atoms with Crippen molar-refractivity contribution >= 4 is 17.3 Å². The van der Waals surface area contributed by atoms with E-state index in [9.17, 15) is 20.0 Å². The highest BCUT2D eigenvalue weighted by Crippen LogP contribution is 2.29. The number of hydrogen-bond donors (Lipinski definition) is 3. The number of carbonyl (C=O) groups is 1. The Morgan fingerprint density at radius 2 is 2.05 bits per heavy atom. The van der Waals surface area contributed by atoms with Gasteiger partial charge in [-0.3, -0.25) is 14.9 Å². The molecular formula is C15H21N3O4. The Labute approximate surface area is 128 Å². The van der Waals surface area contributed by atoms with Gasteiger partial charge in [-0.05, 0) is 31.4 Å². The van der Waals surface area contributed by atoms with Crippen molar-refractivity contribution in [3.8, 4) is 0 Å². The quantitative estimate of drug-likeness (QED) is 0.446. The maximum Gasteiger partial charge on any atom is 0.293 e. The summed E-state index contributed by atoms with van der Waals surface area (Å²) in [7, 11) is 0. The molecule has 120 valence electrons. The van der Waals surface area contributed by atoms with Gasteiger partial charge < -0.3 is 16.2 Å². The molecule has 0 heterocycles. The summed E-state index contributed by atoms with van der Waals surface area (Å²) in [5, 5.41) is 24.0. The van der Waals surface area contributed by atoms with Crippen LogP contribution in [0.25, 0.3) is 0 Å². The minimum Gasteiger partial charge on any atom is -0.393 e. The fourth-order valence-electron chi connectivity index (χ4n) is 2.84. The third-order valence-corrected chi connectivity index (χ3v) is 4.11. The summed E-state index contributed by atoms with van der Waals surface area (Å²) < 4.78 is 0. The molecule has 0 radical (unpaired) electrons. The van der Waals surface area contributed by atoms with Crippen LogP contribution in [-0.2, 0) is 0 Å². The molecule has 1 aromatic rings. The lowest BCUT2D eigenvalue weighted by molar-refractivity contribution is -0.384. The molecule has 0 aliphatic heterocycles. The molecule has 1 amide bonds. The van der Waals surface area contributed by atoms with Crippen LogP contribution in [0.5, 0.6) is 0 Å². The summed E-state index contributed by atoms with van der Waals surface area (Å²) in [5.41, 5.74) is 5.08. The SMILES string of the molecule is Cc1cc(C(=O)NCC2(O)CCCCC2)c(N)c([N+](=O)[O-])c1. The molecule has 0 spiro atoms. The average Bonchev–Trinajstić information content (AvgIpc) is 2.47. The van der Waals surface area contributed by atoms with Crippen molar-refractivity contribution in [2.45, 2.75) is 44.6 Å². The van der Waals surface area contributed by atoms with Gasteiger partial charge in [0.1, 0.15) is 5.69 Å². The number of nitrogens with two attached hydrogens (primary N) is 1. The van der Waals surface area contributed by atoms with Crippen LogP contribution in [0.2, 0.25) is 0 Å². The molecule has 2 rings (SSSR count). The second-order valence-electron chi connectivity index (χ2n) is 5.97. The number of benzene rings is 1. The molecule has 1 aromatic carbocycles. The van der Waals surface area contributed by atoms with E-state index in [-0.39, 0.29) is 23.5 Å². The van der Waals surface area contributed by atoms with Crippen molar-refractivity contribution in [3.63, 3.8) is 0 Å². The molecule has 0 unspecified atom stereocenters. The summed E-state index contributed by atoms with van der Waals surface area (Å²) in [5.74, 6) is -0.497. The zero-order valence-electron chi connectivity index (χ0n) is 12.6. The van der Waals surface area contributed by atoms with E-state index in [4.69, 9.17) is 5.73 Å². The largest absolute Gasteiger partial charge is 0.393 e. The van der Waals surface area contributed by atoms with E-state index >= 15 is 0 Å². The minimum absolute atomic E-state index is 0.0751. The number of hydrogen-bond acceptors (Lipinski definition) is 5. The van der Waals surface area contributed by atoms with Gasteiger partial charge in [0, 0.05) is 12.6 Å². The molecule has 0 aromatic heterocycles. The number of carbonyl (C=O) groups excluding carboxylic acids is 1. The first-order valence-electron chi connectivity index (χ1n) is 7.37. The minimum atomic E-state index is -0.890. The van der Waals surface area contributed by atoms with Gasteiger partial charge in [-0.25, -0.2) is 0 Å². The van der Waals surface area contributed by atoms with Crippen LogP contribution in [0, 0.1) is 17.0 Å². The zero-order valence-corrected chi connectivity index (χ0v) is 12.6. The highest BCUT2D eigenvalue weighted by Gasteiger charge is 2.30. The van der Waals surface area contributed by atoms with E-state index in [1.54, 1.807) is 6.92 Å². The van der Waals surface area contributed by atoms with Crippen LogP contribution in [-0.4, -0.2) is 28.1 Å². The van der Waals surface area contributed by atoms with Crippen molar-refractivity contribution < 1.29 is 14.8 Å². The number of nitro groups is 1. The normalized spacial score (nSPS) is 17.0. The van der Waals surface area contributed by atoms with Crippen molar-refractivity contribution in [3.05, 3.63) is 33.4 Å². The Hall–Kier alpha value is -2.15. The Morgan fingerprint density at radius 3 is 2.64 bits per heavy atom. The Bertz CT molecular complexity index is 595. The summed E-state index contributed by atoms with van der Waals surface area (Å²) in [6.07, 6.45) is 4.26. The van der Waals surface area contributed by atoms with Crippen LogP contribution in [0.1, 0.15) is 48.0 Å². The van der Waals surface area contributed by atoms with Gasteiger partial charge in [0.05, 0.1) is 16.1 Å². The number of rotatable bonds is 4. The number of nitro benzene ring substituents is 1. The maximum absolute atomic E-state index is 12.3. The van der Waals surface area contributed by atoms with Crippen LogP contribution >= 0.6 is 0 Å². The number of nitrogens with one attached hydrogen (secondary N) is 1. The number of amides is 1. The van der Waals surface area contributed by atoms with Gasteiger partial charge in [0.15, 0.2) is 0 Å². The second-order valence-corrected chi connectivity index (χ2v) is 5.97. The maximum atomic E-state index is 12.3. The first-order valence-corrected chi connectivity index (χ1v) is 7.37. The second kappa shape index (κ2) is 6.31. The topological polar surface area (TPSA) is 118 Å². The van der Waals surface area contributed by atoms with Crippen LogP contribution in [0.3, 0.4) is 0 Å². The molecule has 1 aliphatic rings. The summed E-state index contributed by atoms with van der Waals surface area (Å²) in [6, 6.07) is 2.85. The fraction of sp³-hybridized carbons (Fsp3) is 0.533. The highest BCUT2D eigenvalue weighted by atomic mass is 16.6. The number of anilines is 1. The van der Waals surface area contributed by atoms with E-state index in [0.717, 1.165) is 19.3 Å². The molecule has 22 heavy (non-hydrogen) atoms. The third kappa shape index (κ3) is 3.54. The van der Waals surface area contributed by atoms with E-state index in [1.165, 1.54) is 12.1 Å². The van der Waals surface area contributed by atoms with Crippen molar-refractivity contribution in [1.29, 1.82) is 0 Å². The third-order valence-electron chi connectivity index (χ3n) is 4.11. The standard InChI is InChI=1S/C15H21N3O4/c1-10-7-11(13(16)12(8-10)18(21)22)14(19)17-9-15(20)5-3-2-4-6-15/h7-8,20H,2-6,9,16H2,1H3,(H,17,19). The first-order chi connectivity index (χ1) is 10.3. The Morgan fingerprint density at radius 1 is 1.41 bits per heavy atom. The first kappa shape index (κ1) is 16.2. The van der Waals surface area contributed by atoms with Gasteiger partial charge in [0.25, 0.3) is 11.6 Å². The number of nitrogens with zero attached hydrogens (tertiary/aromatic N) is 1. The molecule has 0 saturated heterocycles. The van der Waals surface area contributed by atoms with Gasteiger partial charge in [-0.1, -0.05) is 19.3 Å².